The molecule has 6 nitrogen and oxygen atoms in total. The molecule has 0 N–H and O–H groups in total. The van der Waals surface area contributed by atoms with Crippen LogP contribution in [-0.2, 0) is 28.6 Å². The molecule has 0 aromatic carbocycles. The summed E-state index contributed by atoms with van der Waals surface area (Å²) in [5.74, 6) is -0.856. The lowest BCUT2D eigenvalue weighted by Crippen LogP contribution is -2.30. The van der Waals surface area contributed by atoms with Crippen molar-refractivity contribution in [3.8, 4) is 0 Å². The Bertz CT molecular complexity index is 1500. The van der Waals surface area contributed by atoms with Gasteiger partial charge in [0, 0.05) is 19.3 Å². The summed E-state index contributed by atoms with van der Waals surface area (Å²) in [5, 5.41) is 0. The summed E-state index contributed by atoms with van der Waals surface area (Å²) in [6.07, 6.45) is 89.0. The molecule has 0 saturated heterocycles. The first-order valence-corrected chi connectivity index (χ1v) is 34.1. The molecule has 6 heteroatoms. The highest BCUT2D eigenvalue weighted by Gasteiger charge is 2.19. The third-order valence-corrected chi connectivity index (χ3v) is 14.9. The predicted octanol–water partition coefficient (Wildman–Crippen LogP) is 23.4. The average molecular weight is 1100 g/mol. The van der Waals surface area contributed by atoms with Gasteiger partial charge in [-0.25, -0.2) is 0 Å². The Morgan fingerprint density at radius 3 is 0.772 bits per heavy atom. The maximum Gasteiger partial charge on any atom is 0.306 e. The second kappa shape index (κ2) is 67.1. The number of rotatable bonds is 62. The molecule has 0 saturated carbocycles. The van der Waals surface area contributed by atoms with E-state index < -0.39 is 6.10 Å². The Kier molecular flexibility index (Phi) is 64.2. The molecule has 0 spiro atoms. The molecule has 0 radical (unpaired) electrons. The van der Waals surface area contributed by atoms with Crippen molar-refractivity contribution in [3.63, 3.8) is 0 Å². The van der Waals surface area contributed by atoms with Crippen molar-refractivity contribution in [2.45, 2.75) is 348 Å². The topological polar surface area (TPSA) is 78.9 Å². The maximum atomic E-state index is 12.9. The number of hydrogen-bond acceptors (Lipinski definition) is 6. The summed E-state index contributed by atoms with van der Waals surface area (Å²) in [6, 6.07) is 0. The molecule has 0 aromatic rings. The van der Waals surface area contributed by atoms with Crippen molar-refractivity contribution >= 4 is 17.9 Å². The maximum absolute atomic E-state index is 12.9. The Labute approximate surface area is 490 Å². The summed E-state index contributed by atoms with van der Waals surface area (Å²) in [5.41, 5.74) is 0. The molecular formula is C73H128O6. The van der Waals surface area contributed by atoms with Gasteiger partial charge in [0.1, 0.15) is 13.2 Å². The number of carbonyl (C=O) groups excluding carboxylic acids is 3. The normalized spacial score (nSPS) is 12.6. The van der Waals surface area contributed by atoms with E-state index in [1.54, 1.807) is 0 Å². The summed E-state index contributed by atoms with van der Waals surface area (Å²) in [4.78, 5) is 38.2. The van der Waals surface area contributed by atoms with Crippen molar-refractivity contribution in [2.24, 2.45) is 0 Å². The zero-order chi connectivity index (χ0) is 57.1. The lowest BCUT2D eigenvalue weighted by Gasteiger charge is -2.18. The lowest BCUT2D eigenvalue weighted by molar-refractivity contribution is -0.167. The van der Waals surface area contributed by atoms with E-state index >= 15 is 0 Å². The number of allylic oxidation sites excluding steroid dienone is 14. The van der Waals surface area contributed by atoms with E-state index in [1.807, 2.05) is 0 Å². The number of carbonyl (C=O) groups is 3. The van der Waals surface area contributed by atoms with E-state index in [2.05, 4.69) is 106 Å². The van der Waals surface area contributed by atoms with Crippen LogP contribution in [0.1, 0.15) is 342 Å². The van der Waals surface area contributed by atoms with Crippen molar-refractivity contribution in [2.75, 3.05) is 13.2 Å². The number of unbranched alkanes of at least 4 members (excludes halogenated alkanes) is 37. The fourth-order valence-corrected chi connectivity index (χ4v) is 9.84. The Balaban J connectivity index is 4.09. The van der Waals surface area contributed by atoms with Gasteiger partial charge in [-0.05, 0) is 77.0 Å². The monoisotopic (exact) mass is 1100 g/mol. The van der Waals surface area contributed by atoms with Gasteiger partial charge in [-0.2, -0.15) is 0 Å². The number of ether oxygens (including phenoxy) is 3. The zero-order valence-corrected chi connectivity index (χ0v) is 52.4. The average Bonchev–Trinajstić information content (AvgIpc) is 3.45. The van der Waals surface area contributed by atoms with Crippen LogP contribution < -0.4 is 0 Å². The fraction of sp³-hybridized carbons (Fsp3) is 0.767. The third kappa shape index (κ3) is 65.3. The van der Waals surface area contributed by atoms with Crippen LogP contribution in [0.4, 0.5) is 0 Å². The smallest absolute Gasteiger partial charge is 0.306 e. The minimum atomic E-state index is -0.771. The van der Waals surface area contributed by atoms with E-state index in [0.717, 1.165) is 103 Å². The van der Waals surface area contributed by atoms with Crippen LogP contribution in [0, 0.1) is 0 Å². The quantitative estimate of drug-likeness (QED) is 0.0261. The zero-order valence-electron chi connectivity index (χ0n) is 52.4. The molecule has 0 aromatic heterocycles. The van der Waals surface area contributed by atoms with Crippen molar-refractivity contribution in [3.05, 3.63) is 85.1 Å². The van der Waals surface area contributed by atoms with Gasteiger partial charge >= 0.3 is 17.9 Å². The summed E-state index contributed by atoms with van der Waals surface area (Å²) in [6.45, 7) is 6.55. The van der Waals surface area contributed by atoms with E-state index in [4.69, 9.17) is 14.2 Å². The Morgan fingerprint density at radius 1 is 0.266 bits per heavy atom. The Hall–Kier alpha value is -3.41. The van der Waals surface area contributed by atoms with Crippen LogP contribution in [0.3, 0.4) is 0 Å². The van der Waals surface area contributed by atoms with Crippen molar-refractivity contribution in [1.29, 1.82) is 0 Å². The van der Waals surface area contributed by atoms with Crippen molar-refractivity contribution in [1.82, 2.24) is 0 Å². The standard InChI is InChI=1S/C73H128O6/c1-4-7-10-13-16-19-21-23-25-27-28-29-30-31-32-33-34-35-36-37-38-39-40-41-42-43-44-46-47-49-51-54-57-60-63-66-72(75)78-69-70(68-77-71(74)65-62-59-56-53-18-15-12-9-6-3)79-73(76)67-64-61-58-55-52-50-48-45-26-24-22-20-17-14-11-8-5-2/h7,10,16,19,23,25,28-29,31-32,34-35,37-38,70H,4-6,8-9,11-15,17-18,20-22,24,26-27,30,33,36,39-69H2,1-3H3/b10-7-,19-16-,25-23-,29-28-,32-31-,35-34-,38-37-. The molecule has 0 amide bonds. The summed E-state index contributed by atoms with van der Waals surface area (Å²) < 4.78 is 16.9. The van der Waals surface area contributed by atoms with Crippen LogP contribution in [0.5, 0.6) is 0 Å². The van der Waals surface area contributed by atoms with Crippen LogP contribution >= 0.6 is 0 Å². The molecule has 0 aliphatic carbocycles. The van der Waals surface area contributed by atoms with Crippen LogP contribution in [-0.4, -0.2) is 37.2 Å². The number of esters is 3. The van der Waals surface area contributed by atoms with Crippen LogP contribution in [0.2, 0.25) is 0 Å². The first-order valence-electron chi connectivity index (χ1n) is 34.1. The van der Waals surface area contributed by atoms with E-state index in [9.17, 15) is 14.4 Å². The largest absolute Gasteiger partial charge is 0.462 e. The molecule has 0 aliphatic heterocycles. The predicted molar refractivity (Wildman–Crippen MR) is 344 cm³/mol. The minimum Gasteiger partial charge on any atom is -0.462 e. The molecule has 79 heavy (non-hydrogen) atoms. The molecule has 1 atom stereocenters. The van der Waals surface area contributed by atoms with Gasteiger partial charge < -0.3 is 14.2 Å². The van der Waals surface area contributed by atoms with Gasteiger partial charge in [0.05, 0.1) is 0 Å². The first kappa shape index (κ1) is 75.6. The molecular weight excluding hydrogens is 973 g/mol. The van der Waals surface area contributed by atoms with Gasteiger partial charge in [-0.15, -0.1) is 0 Å². The molecule has 0 aliphatic rings. The highest BCUT2D eigenvalue weighted by molar-refractivity contribution is 5.71. The fourth-order valence-electron chi connectivity index (χ4n) is 9.84. The highest BCUT2D eigenvalue weighted by Crippen LogP contribution is 2.17. The second-order valence-corrected chi connectivity index (χ2v) is 22.7. The lowest BCUT2D eigenvalue weighted by atomic mass is 10.0. The van der Waals surface area contributed by atoms with E-state index in [1.165, 1.54) is 199 Å². The van der Waals surface area contributed by atoms with Gasteiger partial charge in [-0.1, -0.05) is 331 Å². The van der Waals surface area contributed by atoms with Gasteiger partial charge in [0.2, 0.25) is 0 Å². The van der Waals surface area contributed by atoms with Crippen LogP contribution in [0.25, 0.3) is 0 Å². The van der Waals surface area contributed by atoms with Crippen molar-refractivity contribution < 1.29 is 28.6 Å². The third-order valence-electron chi connectivity index (χ3n) is 14.9. The van der Waals surface area contributed by atoms with E-state index in [0.29, 0.717) is 19.3 Å². The summed E-state index contributed by atoms with van der Waals surface area (Å²) in [7, 11) is 0. The molecule has 0 rings (SSSR count). The molecule has 456 valence electrons. The van der Waals surface area contributed by atoms with Gasteiger partial charge in [-0.3, -0.25) is 14.4 Å². The Morgan fingerprint density at radius 2 is 0.494 bits per heavy atom. The minimum absolute atomic E-state index is 0.0700. The van der Waals surface area contributed by atoms with Crippen LogP contribution in [0.15, 0.2) is 85.1 Å². The molecule has 0 heterocycles. The first-order chi connectivity index (χ1) is 39.0. The van der Waals surface area contributed by atoms with E-state index in [-0.39, 0.29) is 31.1 Å². The molecule has 0 bridgehead atoms. The highest BCUT2D eigenvalue weighted by atomic mass is 16.6. The van der Waals surface area contributed by atoms with Gasteiger partial charge in [0.15, 0.2) is 6.10 Å². The summed E-state index contributed by atoms with van der Waals surface area (Å²) >= 11 is 0. The molecule has 1 unspecified atom stereocenters. The number of hydrogen-bond donors (Lipinski definition) is 0. The molecule has 0 fully saturated rings. The van der Waals surface area contributed by atoms with Gasteiger partial charge in [0.25, 0.3) is 0 Å². The second-order valence-electron chi connectivity index (χ2n) is 22.7. The SMILES string of the molecule is CC/C=C\C/C=C\C/C=C\C/C=C\C/C=C\C/C=C\C/C=C\CCCCCCCCCCCCCCCC(=O)OCC(COC(=O)CCCCCCCCCCC)OC(=O)CCCCCCCCCCCCCCCCCCC.